The fourth-order valence-electron chi connectivity index (χ4n) is 2.85. The van der Waals surface area contributed by atoms with Crippen LogP contribution >= 0.6 is 0 Å². The highest BCUT2D eigenvalue weighted by Gasteiger charge is 2.33. The summed E-state index contributed by atoms with van der Waals surface area (Å²) in [6, 6.07) is 12.4. The molecule has 118 valence electrons. The summed E-state index contributed by atoms with van der Waals surface area (Å²) in [5.41, 5.74) is 1.81. The summed E-state index contributed by atoms with van der Waals surface area (Å²) >= 11 is 0. The average Bonchev–Trinajstić information content (AvgIpc) is 3.14. The van der Waals surface area contributed by atoms with Crippen LogP contribution in [0.2, 0.25) is 0 Å². The quantitative estimate of drug-likeness (QED) is 0.672. The van der Waals surface area contributed by atoms with E-state index in [-0.39, 0.29) is 5.78 Å². The van der Waals surface area contributed by atoms with E-state index < -0.39 is 24.5 Å². The van der Waals surface area contributed by atoms with Crippen LogP contribution < -0.4 is 0 Å². The van der Waals surface area contributed by atoms with Gasteiger partial charge >= 0.3 is 11.9 Å². The standard InChI is InChI=1S/C17H15NO5/c19-15(20)10-23-17(22)12-8-9-18-13(12)6-7-14(18)16(21)11-4-2-1-3-5-11/h1-7,12H,8-10H2,(H,19,20). The third-order valence-corrected chi connectivity index (χ3v) is 3.90. The summed E-state index contributed by atoms with van der Waals surface area (Å²) < 4.78 is 6.57. The molecular formula is C17H15NO5. The Bertz CT molecular complexity index is 763. The lowest BCUT2D eigenvalue weighted by Gasteiger charge is -2.08. The molecule has 1 aliphatic rings. The molecule has 0 aliphatic carbocycles. The van der Waals surface area contributed by atoms with Gasteiger partial charge in [0.15, 0.2) is 6.61 Å². The number of hydrogen-bond acceptors (Lipinski definition) is 4. The van der Waals surface area contributed by atoms with Gasteiger partial charge in [-0.3, -0.25) is 9.59 Å². The van der Waals surface area contributed by atoms with Crippen molar-refractivity contribution in [3.05, 3.63) is 59.4 Å². The molecule has 0 bridgehead atoms. The van der Waals surface area contributed by atoms with Crippen molar-refractivity contribution in [2.75, 3.05) is 6.61 Å². The summed E-state index contributed by atoms with van der Waals surface area (Å²) in [6.07, 6.45) is 0.504. The van der Waals surface area contributed by atoms with Crippen molar-refractivity contribution in [2.45, 2.75) is 18.9 Å². The monoisotopic (exact) mass is 313 g/mol. The van der Waals surface area contributed by atoms with E-state index in [4.69, 9.17) is 9.84 Å². The molecule has 1 aliphatic heterocycles. The van der Waals surface area contributed by atoms with Gasteiger partial charge in [0.2, 0.25) is 5.78 Å². The van der Waals surface area contributed by atoms with Crippen LogP contribution in [0.5, 0.6) is 0 Å². The number of nitrogens with zero attached hydrogens (tertiary/aromatic N) is 1. The normalized spacial score (nSPS) is 15.9. The maximum atomic E-state index is 12.5. The number of esters is 1. The molecule has 6 nitrogen and oxygen atoms in total. The molecule has 0 fully saturated rings. The van der Waals surface area contributed by atoms with Crippen LogP contribution in [0, 0.1) is 0 Å². The number of carboxylic acids is 1. The third-order valence-electron chi connectivity index (χ3n) is 3.90. The molecule has 1 atom stereocenters. The topological polar surface area (TPSA) is 85.6 Å². The minimum Gasteiger partial charge on any atom is -0.479 e. The lowest BCUT2D eigenvalue weighted by molar-refractivity contribution is -0.156. The molecule has 1 aromatic heterocycles. The van der Waals surface area contributed by atoms with Gasteiger partial charge in [0, 0.05) is 17.8 Å². The van der Waals surface area contributed by atoms with Crippen LogP contribution in [0.4, 0.5) is 0 Å². The Morgan fingerprint density at radius 2 is 1.87 bits per heavy atom. The van der Waals surface area contributed by atoms with Crippen LogP contribution in [-0.4, -0.2) is 34.0 Å². The highest BCUT2D eigenvalue weighted by atomic mass is 16.5. The number of hydrogen-bond donors (Lipinski definition) is 1. The van der Waals surface area contributed by atoms with Gasteiger partial charge in [-0.25, -0.2) is 4.79 Å². The predicted octanol–water partition coefficient (Wildman–Crippen LogP) is 1.83. The second kappa shape index (κ2) is 6.08. The minimum absolute atomic E-state index is 0.101. The molecule has 2 aromatic rings. The smallest absolute Gasteiger partial charge is 0.341 e. The van der Waals surface area contributed by atoms with Crippen LogP contribution in [0.3, 0.4) is 0 Å². The highest BCUT2D eigenvalue weighted by molar-refractivity contribution is 6.08. The summed E-state index contributed by atoms with van der Waals surface area (Å²) in [5, 5.41) is 8.58. The first kappa shape index (κ1) is 15.0. The fraction of sp³-hybridized carbons (Fsp3) is 0.235. The number of rotatable bonds is 5. The molecule has 0 amide bonds. The van der Waals surface area contributed by atoms with Gasteiger partial charge in [0.05, 0.1) is 11.6 Å². The molecule has 1 N–H and O–H groups in total. The summed E-state index contributed by atoms with van der Waals surface area (Å²) in [7, 11) is 0. The number of fused-ring (bicyclic) bond motifs is 1. The van der Waals surface area contributed by atoms with Crippen LogP contribution in [0.25, 0.3) is 0 Å². The number of carbonyl (C=O) groups is 3. The van der Waals surface area contributed by atoms with Gasteiger partial charge in [0.1, 0.15) is 0 Å². The minimum atomic E-state index is -1.19. The highest BCUT2D eigenvalue weighted by Crippen LogP contribution is 2.32. The van der Waals surface area contributed by atoms with Crippen LogP contribution in [0.15, 0.2) is 42.5 Å². The molecular weight excluding hydrogens is 298 g/mol. The van der Waals surface area contributed by atoms with Gasteiger partial charge in [-0.15, -0.1) is 0 Å². The summed E-state index contributed by atoms with van der Waals surface area (Å²) in [5.74, 6) is -2.38. The van der Waals surface area contributed by atoms with Gasteiger partial charge in [-0.05, 0) is 18.6 Å². The summed E-state index contributed by atoms with van der Waals surface area (Å²) in [6.45, 7) is -0.116. The molecule has 0 spiro atoms. The Morgan fingerprint density at radius 1 is 1.13 bits per heavy atom. The van der Waals surface area contributed by atoms with Crippen molar-refractivity contribution >= 4 is 17.7 Å². The Labute approximate surface area is 132 Å². The van der Waals surface area contributed by atoms with E-state index in [0.29, 0.717) is 29.9 Å². The van der Waals surface area contributed by atoms with Gasteiger partial charge in [-0.1, -0.05) is 30.3 Å². The van der Waals surface area contributed by atoms with Crippen molar-refractivity contribution in [3.8, 4) is 0 Å². The molecule has 1 aromatic carbocycles. The van der Waals surface area contributed by atoms with Gasteiger partial charge in [0.25, 0.3) is 0 Å². The maximum absolute atomic E-state index is 12.5. The Morgan fingerprint density at radius 3 is 2.57 bits per heavy atom. The van der Waals surface area contributed by atoms with E-state index >= 15 is 0 Å². The van der Waals surface area contributed by atoms with Gasteiger partial charge in [-0.2, -0.15) is 0 Å². The van der Waals surface area contributed by atoms with E-state index in [0.717, 1.165) is 0 Å². The van der Waals surface area contributed by atoms with Crippen molar-refractivity contribution in [3.63, 3.8) is 0 Å². The van der Waals surface area contributed by atoms with Crippen molar-refractivity contribution in [2.24, 2.45) is 0 Å². The van der Waals surface area contributed by atoms with E-state index in [1.807, 2.05) is 10.6 Å². The number of aliphatic carboxylic acids is 1. The fourth-order valence-corrected chi connectivity index (χ4v) is 2.85. The lowest BCUT2D eigenvalue weighted by atomic mass is 10.1. The molecule has 23 heavy (non-hydrogen) atoms. The van der Waals surface area contributed by atoms with E-state index in [2.05, 4.69) is 0 Å². The van der Waals surface area contributed by atoms with Gasteiger partial charge < -0.3 is 14.4 Å². The Balaban J connectivity index is 1.81. The average molecular weight is 313 g/mol. The number of ketones is 1. The van der Waals surface area contributed by atoms with Crippen molar-refractivity contribution in [1.82, 2.24) is 4.57 Å². The lowest BCUT2D eigenvalue weighted by Crippen LogP contribution is -2.18. The molecule has 6 heteroatoms. The molecule has 1 unspecified atom stereocenters. The number of aromatic nitrogens is 1. The number of ether oxygens (including phenoxy) is 1. The summed E-state index contributed by atoms with van der Waals surface area (Å²) in [4.78, 5) is 35.0. The second-order valence-electron chi connectivity index (χ2n) is 5.33. The van der Waals surface area contributed by atoms with E-state index in [1.165, 1.54) is 0 Å². The maximum Gasteiger partial charge on any atom is 0.341 e. The zero-order chi connectivity index (χ0) is 16.4. The van der Waals surface area contributed by atoms with Crippen molar-refractivity contribution < 1.29 is 24.2 Å². The second-order valence-corrected chi connectivity index (χ2v) is 5.33. The SMILES string of the molecule is O=C(O)COC(=O)C1CCn2c(C(=O)c3ccccc3)ccc21. The molecule has 0 saturated carbocycles. The number of benzene rings is 1. The number of carbonyl (C=O) groups excluding carboxylic acids is 2. The Hall–Kier alpha value is -2.89. The first-order chi connectivity index (χ1) is 11.1. The Kier molecular flexibility index (Phi) is 3.97. The third kappa shape index (κ3) is 2.88. The molecule has 0 radical (unpaired) electrons. The molecule has 2 heterocycles. The van der Waals surface area contributed by atoms with Crippen LogP contribution in [0.1, 0.15) is 34.1 Å². The molecule has 3 rings (SSSR count). The zero-order valence-electron chi connectivity index (χ0n) is 12.3. The van der Waals surface area contributed by atoms with Crippen molar-refractivity contribution in [1.29, 1.82) is 0 Å². The van der Waals surface area contributed by atoms with E-state index in [9.17, 15) is 14.4 Å². The largest absolute Gasteiger partial charge is 0.479 e. The predicted molar refractivity (Wildman–Crippen MR) is 80.3 cm³/mol. The first-order valence-electron chi connectivity index (χ1n) is 7.25. The van der Waals surface area contributed by atoms with E-state index in [1.54, 1.807) is 36.4 Å². The molecule has 0 saturated heterocycles. The number of carboxylic acid groups (broad SMARTS) is 1. The first-order valence-corrected chi connectivity index (χ1v) is 7.25. The zero-order valence-corrected chi connectivity index (χ0v) is 12.3. The van der Waals surface area contributed by atoms with Crippen LogP contribution in [-0.2, 0) is 20.9 Å².